The lowest BCUT2D eigenvalue weighted by atomic mass is 10.1. The van der Waals surface area contributed by atoms with Crippen molar-refractivity contribution >= 4 is 47.8 Å². The molecule has 0 atom stereocenters. The van der Waals surface area contributed by atoms with Gasteiger partial charge in [0.05, 0.1) is 0 Å². The van der Waals surface area contributed by atoms with Crippen molar-refractivity contribution in [1.29, 1.82) is 0 Å². The van der Waals surface area contributed by atoms with E-state index in [-0.39, 0.29) is 38.8 Å². The van der Waals surface area contributed by atoms with E-state index in [1.54, 1.807) is 4.90 Å². The highest BCUT2D eigenvalue weighted by molar-refractivity contribution is 9.11. The smallest absolute Gasteiger partial charge is 0.245 e. The third-order valence-electron chi connectivity index (χ3n) is 4.82. The molecule has 2 aliphatic rings. The van der Waals surface area contributed by atoms with Crippen LogP contribution in [0.5, 0.6) is 0 Å². The molecule has 0 spiro atoms. The van der Waals surface area contributed by atoms with E-state index < -0.39 is 15.8 Å². The minimum absolute atomic E-state index is 0.0180. The molecule has 1 aliphatic heterocycles. The van der Waals surface area contributed by atoms with Gasteiger partial charge in [0, 0.05) is 41.0 Å². The molecule has 0 N–H and O–H groups in total. The van der Waals surface area contributed by atoms with Crippen molar-refractivity contribution < 1.29 is 17.6 Å². The van der Waals surface area contributed by atoms with E-state index in [0.29, 0.717) is 13.1 Å². The van der Waals surface area contributed by atoms with Crippen LogP contribution in [0, 0.1) is 11.7 Å². The van der Waals surface area contributed by atoms with Gasteiger partial charge in [-0.25, -0.2) is 12.8 Å². The van der Waals surface area contributed by atoms with Gasteiger partial charge in [0.2, 0.25) is 15.9 Å². The minimum atomic E-state index is -3.77. The predicted octanol–water partition coefficient (Wildman–Crippen LogP) is 3.37. The molecule has 0 bridgehead atoms. The Balaban J connectivity index is 1.73. The molecule has 0 radical (unpaired) electrons. The van der Waals surface area contributed by atoms with E-state index in [1.165, 1.54) is 4.31 Å². The lowest BCUT2D eigenvalue weighted by Gasteiger charge is -2.35. The monoisotopic (exact) mass is 496 g/mol. The zero-order chi connectivity index (χ0) is 18.2. The molecule has 1 aromatic rings. The Morgan fingerprint density at radius 2 is 1.56 bits per heavy atom. The van der Waals surface area contributed by atoms with Crippen molar-refractivity contribution in [1.82, 2.24) is 9.21 Å². The van der Waals surface area contributed by atoms with E-state index in [2.05, 4.69) is 31.9 Å². The maximum atomic E-state index is 13.4. The van der Waals surface area contributed by atoms with Crippen molar-refractivity contribution in [3.8, 4) is 0 Å². The van der Waals surface area contributed by atoms with Gasteiger partial charge in [0.25, 0.3) is 0 Å². The molecular formula is C16H19Br2FN2O3S. The molecule has 1 heterocycles. The third kappa shape index (κ3) is 3.94. The number of carbonyl (C=O) groups excluding carboxylic acids is 1. The van der Waals surface area contributed by atoms with Gasteiger partial charge in [-0.2, -0.15) is 4.31 Å². The Morgan fingerprint density at radius 1 is 1.04 bits per heavy atom. The summed E-state index contributed by atoms with van der Waals surface area (Å²) in [5, 5.41) is 0. The quantitative estimate of drug-likeness (QED) is 0.643. The summed E-state index contributed by atoms with van der Waals surface area (Å²) in [5.41, 5.74) is 0. The van der Waals surface area contributed by atoms with E-state index in [1.807, 2.05) is 0 Å². The van der Waals surface area contributed by atoms with Crippen LogP contribution in [0.25, 0.3) is 0 Å². The lowest BCUT2D eigenvalue weighted by molar-refractivity contribution is -0.136. The van der Waals surface area contributed by atoms with E-state index >= 15 is 0 Å². The molecular weight excluding hydrogens is 479 g/mol. The van der Waals surface area contributed by atoms with Gasteiger partial charge in [0.15, 0.2) is 0 Å². The predicted molar refractivity (Wildman–Crippen MR) is 99.1 cm³/mol. The fraction of sp³-hybridized carbons (Fsp3) is 0.562. The van der Waals surface area contributed by atoms with Gasteiger partial charge in [-0.05, 0) is 56.8 Å². The number of hydrogen-bond donors (Lipinski definition) is 0. The Morgan fingerprint density at radius 3 is 2.08 bits per heavy atom. The number of amides is 1. The Kier molecular flexibility index (Phi) is 5.87. The molecule has 1 aromatic carbocycles. The first kappa shape index (κ1) is 19.3. The van der Waals surface area contributed by atoms with Gasteiger partial charge in [-0.1, -0.05) is 12.8 Å². The number of sulfonamides is 1. The zero-order valence-electron chi connectivity index (χ0n) is 13.6. The van der Waals surface area contributed by atoms with Crippen LogP contribution in [0.2, 0.25) is 0 Å². The van der Waals surface area contributed by atoms with Gasteiger partial charge in [-0.3, -0.25) is 4.79 Å². The Hall–Kier alpha value is -0.510. The normalized spacial score (nSPS) is 20.2. The zero-order valence-corrected chi connectivity index (χ0v) is 17.5. The number of benzene rings is 1. The first-order valence-electron chi connectivity index (χ1n) is 8.24. The molecule has 1 aliphatic carbocycles. The standard InChI is InChI=1S/C16H19Br2FN2O3S/c17-13-9-12(19)10-14(18)15(13)25(23,24)21-7-5-20(6-8-21)16(22)11-3-1-2-4-11/h9-11H,1-8H2. The summed E-state index contributed by atoms with van der Waals surface area (Å²) in [7, 11) is -3.77. The van der Waals surface area contributed by atoms with Crippen molar-refractivity contribution in [2.45, 2.75) is 30.6 Å². The fourth-order valence-electron chi connectivity index (χ4n) is 3.48. The van der Waals surface area contributed by atoms with Crippen molar-refractivity contribution in [2.24, 2.45) is 5.92 Å². The second-order valence-corrected chi connectivity index (χ2v) is 9.99. The minimum Gasteiger partial charge on any atom is -0.340 e. The van der Waals surface area contributed by atoms with E-state index in [9.17, 15) is 17.6 Å². The molecule has 3 rings (SSSR count). The van der Waals surface area contributed by atoms with Gasteiger partial charge in [0.1, 0.15) is 10.7 Å². The van der Waals surface area contributed by atoms with Gasteiger partial charge < -0.3 is 4.90 Å². The largest absolute Gasteiger partial charge is 0.340 e. The summed E-state index contributed by atoms with van der Waals surface area (Å²) >= 11 is 6.28. The lowest BCUT2D eigenvalue weighted by Crippen LogP contribution is -2.51. The van der Waals surface area contributed by atoms with Crippen molar-refractivity contribution in [3.05, 3.63) is 26.9 Å². The molecule has 0 unspecified atom stereocenters. The summed E-state index contributed by atoms with van der Waals surface area (Å²) in [4.78, 5) is 14.3. The topological polar surface area (TPSA) is 57.7 Å². The first-order chi connectivity index (χ1) is 11.8. The van der Waals surface area contributed by atoms with Crippen LogP contribution >= 0.6 is 31.9 Å². The number of halogens is 3. The Bertz CT molecular complexity index is 751. The molecule has 138 valence electrons. The van der Waals surface area contributed by atoms with Crippen molar-refractivity contribution in [3.63, 3.8) is 0 Å². The SMILES string of the molecule is O=C(C1CCCC1)N1CCN(S(=O)(=O)c2c(Br)cc(F)cc2Br)CC1. The van der Waals surface area contributed by atoms with Crippen LogP contribution in [0.3, 0.4) is 0 Å². The highest BCUT2D eigenvalue weighted by atomic mass is 79.9. The number of nitrogens with zero attached hydrogens (tertiary/aromatic N) is 2. The maximum Gasteiger partial charge on any atom is 0.245 e. The average Bonchev–Trinajstić information content (AvgIpc) is 3.07. The summed E-state index contributed by atoms with van der Waals surface area (Å²) in [5.74, 6) is -0.271. The molecule has 25 heavy (non-hydrogen) atoms. The highest BCUT2D eigenvalue weighted by Crippen LogP contribution is 2.34. The van der Waals surface area contributed by atoms with Gasteiger partial charge in [-0.15, -0.1) is 0 Å². The second kappa shape index (κ2) is 7.62. The molecule has 5 nitrogen and oxygen atoms in total. The summed E-state index contributed by atoms with van der Waals surface area (Å²) in [6.45, 7) is 1.28. The molecule has 1 saturated heterocycles. The molecule has 1 saturated carbocycles. The van der Waals surface area contributed by atoms with Gasteiger partial charge >= 0.3 is 0 Å². The van der Waals surface area contributed by atoms with Crippen LogP contribution in [0.15, 0.2) is 26.0 Å². The van der Waals surface area contributed by atoms with Crippen LogP contribution in [-0.2, 0) is 14.8 Å². The number of rotatable bonds is 3. The maximum absolute atomic E-state index is 13.4. The van der Waals surface area contributed by atoms with Crippen LogP contribution in [-0.4, -0.2) is 49.7 Å². The summed E-state index contributed by atoms with van der Waals surface area (Å²) < 4.78 is 41.0. The molecule has 0 aromatic heterocycles. The second-order valence-electron chi connectivity index (χ2n) is 6.41. The summed E-state index contributed by atoms with van der Waals surface area (Å²) in [6, 6.07) is 2.27. The summed E-state index contributed by atoms with van der Waals surface area (Å²) in [6.07, 6.45) is 4.06. The fourth-order valence-corrected chi connectivity index (χ4v) is 7.36. The van der Waals surface area contributed by atoms with Crippen LogP contribution in [0.1, 0.15) is 25.7 Å². The highest BCUT2D eigenvalue weighted by Gasteiger charge is 2.35. The Labute approximate surface area is 163 Å². The molecule has 9 heteroatoms. The number of piperazine rings is 1. The van der Waals surface area contributed by atoms with Crippen LogP contribution < -0.4 is 0 Å². The number of carbonyl (C=O) groups is 1. The number of hydrogen-bond acceptors (Lipinski definition) is 3. The van der Waals surface area contributed by atoms with Crippen molar-refractivity contribution in [2.75, 3.05) is 26.2 Å². The van der Waals surface area contributed by atoms with Crippen LogP contribution in [0.4, 0.5) is 4.39 Å². The average molecular weight is 498 g/mol. The third-order valence-corrected chi connectivity index (χ3v) is 8.59. The van der Waals surface area contributed by atoms with E-state index in [0.717, 1.165) is 37.8 Å². The molecule has 1 amide bonds. The van der Waals surface area contributed by atoms with E-state index in [4.69, 9.17) is 0 Å². The first-order valence-corrected chi connectivity index (χ1v) is 11.3. The molecule has 2 fully saturated rings.